The first-order valence-corrected chi connectivity index (χ1v) is 8.23. The molecule has 6 heteroatoms. The minimum absolute atomic E-state index is 0.353. The highest BCUT2D eigenvalue weighted by Gasteiger charge is 2.10. The number of oxime groups is 1. The molecule has 0 saturated heterocycles. The molecule has 1 aromatic carbocycles. The van der Waals surface area contributed by atoms with Crippen molar-refractivity contribution in [3.8, 4) is 0 Å². The summed E-state index contributed by atoms with van der Waals surface area (Å²) in [4.78, 5) is 14.2. The van der Waals surface area contributed by atoms with Gasteiger partial charge in [-0.1, -0.05) is 35.5 Å². The first-order valence-electron chi connectivity index (χ1n) is 8.23. The maximum atomic E-state index is 11.2. The number of nitrogens with zero attached hydrogens (tertiary/aromatic N) is 1. The predicted octanol–water partition coefficient (Wildman–Crippen LogP) is -1.43. The third kappa shape index (κ3) is 9.65. The Balaban J connectivity index is 2.39. The van der Waals surface area contributed by atoms with Crippen LogP contribution < -0.4 is 15.1 Å². The van der Waals surface area contributed by atoms with Gasteiger partial charge in [-0.25, -0.2) is 0 Å². The van der Waals surface area contributed by atoms with E-state index in [1.165, 1.54) is 28.3 Å². The van der Waals surface area contributed by atoms with Crippen LogP contribution in [0.25, 0.3) is 0 Å². The average molecular weight is 322 g/mol. The Morgan fingerprint density at radius 2 is 1.87 bits per heavy atom. The number of amides is 1. The average Bonchev–Trinajstić information content (AvgIpc) is 2.52. The lowest BCUT2D eigenvalue weighted by Crippen LogP contribution is -3.12. The van der Waals surface area contributed by atoms with Gasteiger partial charge in [-0.05, 0) is 0 Å². The zero-order chi connectivity index (χ0) is 16.9. The Morgan fingerprint density at radius 1 is 1.17 bits per heavy atom. The van der Waals surface area contributed by atoms with E-state index < -0.39 is 0 Å². The summed E-state index contributed by atoms with van der Waals surface area (Å²) in [5.74, 6) is -0.353. The monoisotopic (exact) mass is 322 g/mol. The number of hydrogen-bond acceptors (Lipinski definition) is 3. The van der Waals surface area contributed by atoms with Crippen LogP contribution in [-0.4, -0.2) is 57.6 Å². The number of carbonyl (C=O) groups is 1. The van der Waals surface area contributed by atoms with Crippen LogP contribution in [0.3, 0.4) is 0 Å². The van der Waals surface area contributed by atoms with Gasteiger partial charge in [0.15, 0.2) is 0 Å². The van der Waals surface area contributed by atoms with Gasteiger partial charge in [-0.3, -0.25) is 4.79 Å². The standard InChI is InChI=1S/C17H28N4O2/c1-20(2)11-7-13-21(15-16-8-4-3-5-9-16)12-6-10-18-17(22)14-19-23/h3-5,8-9,14,23H,6-7,10-13,15H2,1-2H3,(H,18,22)/p+2/b19-14-. The largest absolute Gasteiger partial charge is 0.411 e. The van der Waals surface area contributed by atoms with Crippen LogP contribution in [0.15, 0.2) is 35.5 Å². The van der Waals surface area contributed by atoms with Crippen molar-refractivity contribution in [3.63, 3.8) is 0 Å². The van der Waals surface area contributed by atoms with Crippen LogP contribution in [0.2, 0.25) is 0 Å². The lowest BCUT2D eigenvalue weighted by molar-refractivity contribution is -0.920. The van der Waals surface area contributed by atoms with E-state index in [1.807, 2.05) is 6.07 Å². The minimum Gasteiger partial charge on any atom is -0.411 e. The van der Waals surface area contributed by atoms with Crippen molar-refractivity contribution in [2.75, 3.05) is 40.3 Å². The number of carbonyl (C=O) groups excluding carboxylic acids is 1. The van der Waals surface area contributed by atoms with Crippen LogP contribution >= 0.6 is 0 Å². The highest BCUT2D eigenvalue weighted by molar-refractivity contribution is 6.25. The Kier molecular flexibility index (Phi) is 9.66. The summed E-state index contributed by atoms with van der Waals surface area (Å²) in [7, 11) is 4.35. The second-order valence-electron chi connectivity index (χ2n) is 6.11. The van der Waals surface area contributed by atoms with Crippen molar-refractivity contribution in [1.29, 1.82) is 0 Å². The quantitative estimate of drug-likeness (QED) is 0.175. The molecule has 1 aromatic rings. The summed E-state index contributed by atoms with van der Waals surface area (Å²) in [5.41, 5.74) is 1.34. The van der Waals surface area contributed by atoms with Gasteiger partial charge < -0.3 is 20.3 Å². The number of quaternary nitrogens is 2. The Labute approximate surface area is 138 Å². The van der Waals surface area contributed by atoms with Crippen molar-refractivity contribution in [2.45, 2.75) is 19.4 Å². The van der Waals surface area contributed by atoms with Crippen molar-refractivity contribution >= 4 is 12.1 Å². The molecule has 0 aromatic heterocycles. The Hall–Kier alpha value is -1.92. The minimum atomic E-state index is -0.353. The van der Waals surface area contributed by atoms with E-state index in [4.69, 9.17) is 5.21 Å². The molecule has 0 radical (unpaired) electrons. The van der Waals surface area contributed by atoms with E-state index in [9.17, 15) is 4.79 Å². The molecule has 1 amide bonds. The maximum Gasteiger partial charge on any atom is 0.265 e. The molecule has 23 heavy (non-hydrogen) atoms. The van der Waals surface area contributed by atoms with Crippen LogP contribution in [0.5, 0.6) is 0 Å². The molecule has 0 aliphatic heterocycles. The second-order valence-corrected chi connectivity index (χ2v) is 6.11. The molecular formula is C17H30N4O2+2. The van der Waals surface area contributed by atoms with Gasteiger partial charge in [0, 0.05) is 24.9 Å². The Morgan fingerprint density at radius 3 is 2.52 bits per heavy atom. The van der Waals surface area contributed by atoms with Gasteiger partial charge in [-0.2, -0.15) is 0 Å². The van der Waals surface area contributed by atoms with Crippen molar-refractivity contribution in [2.24, 2.45) is 5.16 Å². The van der Waals surface area contributed by atoms with Crippen molar-refractivity contribution < 1.29 is 19.8 Å². The van der Waals surface area contributed by atoms with Gasteiger partial charge in [-0.15, -0.1) is 0 Å². The number of benzene rings is 1. The highest BCUT2D eigenvalue weighted by atomic mass is 16.4. The van der Waals surface area contributed by atoms with E-state index in [0.29, 0.717) is 6.54 Å². The smallest absolute Gasteiger partial charge is 0.265 e. The van der Waals surface area contributed by atoms with Crippen LogP contribution in [-0.2, 0) is 11.3 Å². The number of nitrogens with one attached hydrogen (secondary N) is 3. The molecule has 0 fully saturated rings. The molecule has 0 spiro atoms. The number of rotatable bonds is 11. The van der Waals surface area contributed by atoms with E-state index >= 15 is 0 Å². The summed E-state index contributed by atoms with van der Waals surface area (Å²) in [6, 6.07) is 10.5. The van der Waals surface area contributed by atoms with Gasteiger partial charge in [0.05, 0.1) is 33.7 Å². The lowest BCUT2D eigenvalue weighted by Gasteiger charge is -2.20. The van der Waals surface area contributed by atoms with E-state index in [2.05, 4.69) is 48.8 Å². The molecule has 0 aliphatic rings. The van der Waals surface area contributed by atoms with Gasteiger partial charge in [0.2, 0.25) is 0 Å². The fourth-order valence-corrected chi connectivity index (χ4v) is 2.53. The summed E-state index contributed by atoms with van der Waals surface area (Å²) in [6.07, 6.45) is 2.98. The number of hydrogen-bond donors (Lipinski definition) is 4. The van der Waals surface area contributed by atoms with Crippen molar-refractivity contribution in [1.82, 2.24) is 5.32 Å². The van der Waals surface area contributed by atoms with Gasteiger partial charge >= 0.3 is 0 Å². The van der Waals surface area contributed by atoms with E-state index in [0.717, 1.165) is 32.3 Å². The highest BCUT2D eigenvalue weighted by Crippen LogP contribution is 1.95. The predicted molar refractivity (Wildman–Crippen MR) is 91.0 cm³/mol. The summed E-state index contributed by atoms with van der Waals surface area (Å²) in [5, 5.41) is 13.7. The second kappa shape index (κ2) is 11.6. The van der Waals surface area contributed by atoms with Gasteiger partial charge in [0.1, 0.15) is 12.8 Å². The summed E-state index contributed by atoms with van der Waals surface area (Å²) in [6.45, 7) is 4.92. The first-order chi connectivity index (χ1) is 11.1. The summed E-state index contributed by atoms with van der Waals surface area (Å²) >= 11 is 0. The van der Waals surface area contributed by atoms with Crippen LogP contribution in [0.1, 0.15) is 18.4 Å². The maximum absolute atomic E-state index is 11.2. The lowest BCUT2D eigenvalue weighted by atomic mass is 10.2. The fourth-order valence-electron chi connectivity index (χ4n) is 2.53. The zero-order valence-corrected chi connectivity index (χ0v) is 14.2. The van der Waals surface area contributed by atoms with E-state index in [1.54, 1.807) is 0 Å². The third-order valence-electron chi connectivity index (χ3n) is 3.69. The SMILES string of the molecule is C[NH+](C)CCC[NH+](CCCNC(=O)/C=N\O)Cc1ccccc1. The molecule has 1 unspecified atom stereocenters. The normalized spacial score (nSPS) is 12.7. The Bertz CT molecular complexity index is 463. The molecule has 1 rings (SSSR count). The van der Waals surface area contributed by atoms with Crippen LogP contribution in [0, 0.1) is 0 Å². The molecule has 1 atom stereocenters. The molecule has 0 heterocycles. The molecule has 4 N–H and O–H groups in total. The van der Waals surface area contributed by atoms with Crippen LogP contribution in [0.4, 0.5) is 0 Å². The molecule has 0 saturated carbocycles. The topological polar surface area (TPSA) is 70.6 Å². The fraction of sp³-hybridized carbons (Fsp3) is 0.529. The molecular weight excluding hydrogens is 292 g/mol. The third-order valence-corrected chi connectivity index (χ3v) is 3.69. The molecule has 0 bridgehead atoms. The summed E-state index contributed by atoms with van der Waals surface area (Å²) < 4.78 is 0. The molecule has 0 aliphatic carbocycles. The first kappa shape index (κ1) is 19.1. The van der Waals surface area contributed by atoms with Crippen molar-refractivity contribution in [3.05, 3.63) is 35.9 Å². The molecule has 128 valence electrons. The zero-order valence-electron chi connectivity index (χ0n) is 14.2. The van der Waals surface area contributed by atoms with Gasteiger partial charge in [0.25, 0.3) is 5.91 Å². The molecule has 6 nitrogen and oxygen atoms in total. The van der Waals surface area contributed by atoms with E-state index in [-0.39, 0.29) is 5.91 Å².